The third-order valence-corrected chi connectivity index (χ3v) is 6.20. The van der Waals surface area contributed by atoms with Crippen LogP contribution in [-0.2, 0) is 16.3 Å². The van der Waals surface area contributed by atoms with Crippen molar-refractivity contribution in [1.29, 1.82) is 0 Å². The van der Waals surface area contributed by atoms with Crippen molar-refractivity contribution in [2.75, 3.05) is 43.9 Å². The van der Waals surface area contributed by atoms with Crippen molar-refractivity contribution in [2.24, 2.45) is 10.7 Å². The number of nitrogens with zero attached hydrogens (tertiary/aromatic N) is 3. The maximum atomic E-state index is 11.5. The van der Waals surface area contributed by atoms with Crippen molar-refractivity contribution in [1.82, 2.24) is 4.90 Å². The largest absolute Gasteiger partial charge is 0.370 e. The number of hydrogen-bond donors (Lipinski definition) is 1. The fourth-order valence-electron chi connectivity index (χ4n) is 3.15. The first-order chi connectivity index (χ1) is 13.3. The second-order valence-corrected chi connectivity index (χ2v) is 9.31. The van der Waals surface area contributed by atoms with E-state index in [-0.39, 0.29) is 0 Å². The number of benzene rings is 2. The first-order valence-corrected chi connectivity index (χ1v) is 11.4. The van der Waals surface area contributed by atoms with Gasteiger partial charge in [0.1, 0.15) is 0 Å². The lowest BCUT2D eigenvalue weighted by molar-refractivity contribution is 0.381. The first kappa shape index (κ1) is 20.5. The number of rotatable bonds is 5. The van der Waals surface area contributed by atoms with Gasteiger partial charge in [-0.05, 0) is 48.4 Å². The molecule has 2 aromatic rings. The van der Waals surface area contributed by atoms with Crippen LogP contribution in [0.1, 0.15) is 5.56 Å². The lowest BCUT2D eigenvalue weighted by Crippen LogP contribution is -2.51. The maximum Gasteiger partial charge on any atom is 0.191 e. The van der Waals surface area contributed by atoms with Gasteiger partial charge in [-0.3, -0.25) is 4.99 Å². The predicted molar refractivity (Wildman–Crippen MR) is 115 cm³/mol. The molecule has 0 aromatic heterocycles. The van der Waals surface area contributed by atoms with Gasteiger partial charge in [0.15, 0.2) is 15.8 Å². The minimum Gasteiger partial charge on any atom is -0.370 e. The summed E-state index contributed by atoms with van der Waals surface area (Å²) in [5, 5.41) is 0.740. The van der Waals surface area contributed by atoms with Crippen LogP contribution in [0.4, 0.5) is 5.69 Å². The lowest BCUT2D eigenvalue weighted by Gasteiger charge is -2.36. The number of anilines is 1. The van der Waals surface area contributed by atoms with E-state index in [2.05, 4.69) is 14.8 Å². The second kappa shape index (κ2) is 8.84. The van der Waals surface area contributed by atoms with E-state index >= 15 is 0 Å². The number of hydrogen-bond acceptors (Lipinski definition) is 4. The third kappa shape index (κ3) is 5.39. The van der Waals surface area contributed by atoms with Crippen molar-refractivity contribution in [3.05, 3.63) is 59.1 Å². The summed E-state index contributed by atoms with van der Waals surface area (Å²) >= 11 is 5.95. The van der Waals surface area contributed by atoms with Crippen LogP contribution < -0.4 is 10.6 Å². The zero-order chi connectivity index (χ0) is 20.1. The third-order valence-electron chi connectivity index (χ3n) is 4.82. The highest BCUT2D eigenvalue weighted by Crippen LogP contribution is 2.19. The molecule has 0 amide bonds. The van der Waals surface area contributed by atoms with Gasteiger partial charge in [-0.15, -0.1) is 0 Å². The van der Waals surface area contributed by atoms with Gasteiger partial charge < -0.3 is 15.5 Å². The molecular formula is C20H25ClN4O2S. The van der Waals surface area contributed by atoms with Crippen molar-refractivity contribution >= 4 is 33.1 Å². The molecule has 1 heterocycles. The van der Waals surface area contributed by atoms with E-state index < -0.39 is 9.84 Å². The number of sulfone groups is 1. The predicted octanol–water partition coefficient (Wildman–Crippen LogP) is 2.42. The summed E-state index contributed by atoms with van der Waals surface area (Å²) in [6.07, 6.45) is 1.93. The van der Waals surface area contributed by atoms with Crippen LogP contribution in [0.5, 0.6) is 0 Å². The molecule has 8 heteroatoms. The zero-order valence-electron chi connectivity index (χ0n) is 15.9. The molecule has 0 saturated carbocycles. The minimum absolute atomic E-state index is 0.331. The van der Waals surface area contributed by atoms with E-state index in [9.17, 15) is 8.42 Å². The molecule has 1 fully saturated rings. The number of aliphatic imine (C=N–C) groups is 1. The Balaban J connectivity index is 1.49. The van der Waals surface area contributed by atoms with Gasteiger partial charge in [0.05, 0.1) is 4.90 Å². The van der Waals surface area contributed by atoms with Gasteiger partial charge in [-0.25, -0.2) is 8.42 Å². The van der Waals surface area contributed by atoms with Crippen LogP contribution >= 0.6 is 11.6 Å². The van der Waals surface area contributed by atoms with E-state index in [1.807, 2.05) is 36.4 Å². The molecule has 0 bridgehead atoms. The average molecular weight is 421 g/mol. The molecule has 6 nitrogen and oxygen atoms in total. The summed E-state index contributed by atoms with van der Waals surface area (Å²) in [6.45, 7) is 3.97. The topological polar surface area (TPSA) is 79.0 Å². The van der Waals surface area contributed by atoms with Crippen LogP contribution in [0.2, 0.25) is 5.02 Å². The molecule has 28 heavy (non-hydrogen) atoms. The van der Waals surface area contributed by atoms with Crippen molar-refractivity contribution in [3.63, 3.8) is 0 Å². The van der Waals surface area contributed by atoms with E-state index in [1.165, 1.54) is 6.26 Å². The highest BCUT2D eigenvalue weighted by molar-refractivity contribution is 7.90. The van der Waals surface area contributed by atoms with Gasteiger partial charge in [-0.2, -0.15) is 0 Å². The van der Waals surface area contributed by atoms with Gasteiger partial charge in [0.2, 0.25) is 0 Å². The van der Waals surface area contributed by atoms with Crippen molar-refractivity contribution in [3.8, 4) is 0 Å². The van der Waals surface area contributed by atoms with E-state index in [0.717, 1.165) is 48.9 Å². The van der Waals surface area contributed by atoms with E-state index in [4.69, 9.17) is 17.3 Å². The van der Waals surface area contributed by atoms with Crippen molar-refractivity contribution < 1.29 is 8.42 Å². The molecule has 0 radical (unpaired) electrons. The number of piperazine rings is 1. The van der Waals surface area contributed by atoms with Crippen LogP contribution in [0.3, 0.4) is 0 Å². The summed E-state index contributed by atoms with van der Waals surface area (Å²) in [6, 6.07) is 14.8. The van der Waals surface area contributed by atoms with Crippen LogP contribution in [0, 0.1) is 0 Å². The Labute approximate surface area is 171 Å². The Hall–Kier alpha value is -2.25. The molecule has 0 aliphatic carbocycles. The Morgan fingerprint density at radius 3 is 2.21 bits per heavy atom. The Bertz CT molecular complexity index is 920. The Kier molecular flexibility index (Phi) is 6.46. The van der Waals surface area contributed by atoms with Crippen LogP contribution in [-0.4, -0.2) is 58.3 Å². The quantitative estimate of drug-likeness (QED) is 0.593. The number of nitrogens with two attached hydrogens (primary N) is 1. The molecule has 3 rings (SSSR count). The first-order valence-electron chi connectivity index (χ1n) is 9.17. The fraction of sp³-hybridized carbons (Fsp3) is 0.350. The maximum absolute atomic E-state index is 11.5. The van der Waals surface area contributed by atoms with Crippen LogP contribution in [0.25, 0.3) is 0 Å². The molecule has 0 atom stereocenters. The van der Waals surface area contributed by atoms with Crippen LogP contribution in [0.15, 0.2) is 58.4 Å². The standard InChI is InChI=1S/C20H25ClN4O2S/c1-28(26,27)19-8-2-16(3-9-19)10-11-23-20(22)25-14-12-24(13-15-25)18-6-4-17(21)5-7-18/h2-9H,10-15H2,1H3,(H2,22,23). The molecule has 150 valence electrons. The minimum atomic E-state index is -3.16. The zero-order valence-corrected chi connectivity index (χ0v) is 17.5. The SMILES string of the molecule is CS(=O)(=O)c1ccc(CCN=C(N)N2CCN(c3ccc(Cl)cc3)CC2)cc1. The fourth-order valence-corrected chi connectivity index (χ4v) is 3.90. The molecule has 0 unspecified atom stereocenters. The summed E-state index contributed by atoms with van der Waals surface area (Å²) in [5.41, 5.74) is 8.36. The molecule has 2 N–H and O–H groups in total. The Morgan fingerprint density at radius 2 is 1.64 bits per heavy atom. The Morgan fingerprint density at radius 1 is 1.04 bits per heavy atom. The summed E-state index contributed by atoms with van der Waals surface area (Å²) in [7, 11) is -3.16. The summed E-state index contributed by atoms with van der Waals surface area (Å²) in [5.74, 6) is 0.559. The molecule has 2 aromatic carbocycles. The molecule has 0 spiro atoms. The van der Waals surface area contributed by atoms with Gasteiger partial charge in [0.25, 0.3) is 0 Å². The number of halogens is 1. The van der Waals surface area contributed by atoms with Gasteiger partial charge in [0, 0.05) is 49.7 Å². The normalized spacial score (nSPS) is 15.7. The van der Waals surface area contributed by atoms with E-state index in [0.29, 0.717) is 17.4 Å². The second-order valence-electron chi connectivity index (χ2n) is 6.86. The van der Waals surface area contributed by atoms with E-state index in [1.54, 1.807) is 12.1 Å². The molecule has 1 aliphatic rings. The lowest BCUT2D eigenvalue weighted by atomic mass is 10.1. The highest BCUT2D eigenvalue weighted by Gasteiger charge is 2.18. The molecular weight excluding hydrogens is 396 g/mol. The monoisotopic (exact) mass is 420 g/mol. The molecule has 1 aliphatic heterocycles. The smallest absolute Gasteiger partial charge is 0.191 e. The average Bonchev–Trinajstić information content (AvgIpc) is 2.68. The van der Waals surface area contributed by atoms with Gasteiger partial charge in [-0.1, -0.05) is 23.7 Å². The highest BCUT2D eigenvalue weighted by atomic mass is 35.5. The summed E-state index contributed by atoms with van der Waals surface area (Å²) < 4.78 is 23.0. The van der Waals surface area contributed by atoms with Gasteiger partial charge >= 0.3 is 0 Å². The molecule has 1 saturated heterocycles. The van der Waals surface area contributed by atoms with Crippen molar-refractivity contribution in [2.45, 2.75) is 11.3 Å². The summed E-state index contributed by atoms with van der Waals surface area (Å²) in [4.78, 5) is 9.23. The number of guanidine groups is 1.